The number of aliphatic hydroxyl groups is 1. The summed E-state index contributed by atoms with van der Waals surface area (Å²) < 4.78 is 11.5. The molecule has 0 radical (unpaired) electrons. The second-order valence-corrected chi connectivity index (χ2v) is 7.91. The molecule has 2 heterocycles. The highest BCUT2D eigenvalue weighted by molar-refractivity contribution is 5.28. The number of benzene rings is 2. The number of rotatable bonds is 9. The fraction of sp³-hybridized carbons (Fsp3) is 0.360. The van der Waals surface area contributed by atoms with Crippen LogP contribution < -0.4 is 9.47 Å². The van der Waals surface area contributed by atoms with E-state index in [4.69, 9.17) is 9.47 Å². The molecule has 0 bridgehead atoms. The molecule has 0 amide bonds. The van der Waals surface area contributed by atoms with Gasteiger partial charge in [0.25, 0.3) is 0 Å². The minimum Gasteiger partial charge on any atom is -0.494 e. The topological polar surface area (TPSA) is 67.7 Å². The monoisotopic (exact) mass is 419 g/mol. The second-order valence-electron chi connectivity index (χ2n) is 7.91. The average molecular weight is 420 g/mol. The second kappa shape index (κ2) is 10.9. The van der Waals surface area contributed by atoms with Crippen LogP contribution in [-0.2, 0) is 13.0 Å². The van der Waals surface area contributed by atoms with Crippen LogP contribution in [-0.4, -0.2) is 46.0 Å². The first-order valence-corrected chi connectivity index (χ1v) is 10.9. The summed E-state index contributed by atoms with van der Waals surface area (Å²) in [7, 11) is 0. The largest absolute Gasteiger partial charge is 0.494 e. The van der Waals surface area contributed by atoms with Crippen molar-refractivity contribution in [3.05, 3.63) is 78.0 Å². The summed E-state index contributed by atoms with van der Waals surface area (Å²) in [5.41, 5.74) is 2.16. The van der Waals surface area contributed by atoms with Crippen molar-refractivity contribution in [3.63, 3.8) is 0 Å². The summed E-state index contributed by atoms with van der Waals surface area (Å²) in [4.78, 5) is 2.31. The maximum Gasteiger partial charge on any atom is 0.238 e. The molecule has 0 saturated carbocycles. The van der Waals surface area contributed by atoms with E-state index >= 15 is 0 Å². The molecule has 1 fully saturated rings. The Bertz CT molecular complexity index is 917. The predicted octanol–water partition coefficient (Wildman–Crippen LogP) is 4.24. The van der Waals surface area contributed by atoms with E-state index in [1.54, 1.807) is 0 Å². The molecule has 3 aromatic rings. The number of aromatic nitrogens is 2. The van der Waals surface area contributed by atoms with Crippen molar-refractivity contribution in [3.8, 4) is 17.4 Å². The lowest BCUT2D eigenvalue weighted by molar-refractivity contribution is 0.0668. The molecule has 6 heteroatoms. The fourth-order valence-corrected chi connectivity index (χ4v) is 3.71. The number of para-hydroxylation sites is 1. The molecule has 1 aliphatic heterocycles. The molecular formula is C25H29N3O3. The van der Waals surface area contributed by atoms with Gasteiger partial charge in [0.15, 0.2) is 0 Å². The Morgan fingerprint density at radius 2 is 1.77 bits per heavy atom. The van der Waals surface area contributed by atoms with Gasteiger partial charge < -0.3 is 14.6 Å². The van der Waals surface area contributed by atoms with Crippen LogP contribution >= 0.6 is 0 Å². The number of aryl methyl sites for hydroxylation is 1. The molecule has 0 unspecified atom stereocenters. The zero-order valence-corrected chi connectivity index (χ0v) is 17.7. The molecule has 1 saturated heterocycles. The quantitative estimate of drug-likeness (QED) is 0.524. The van der Waals surface area contributed by atoms with Gasteiger partial charge in [0.1, 0.15) is 11.5 Å². The normalized spacial score (nSPS) is 16.7. The van der Waals surface area contributed by atoms with Gasteiger partial charge in [-0.2, -0.15) is 5.10 Å². The van der Waals surface area contributed by atoms with Crippen molar-refractivity contribution in [1.82, 2.24) is 15.1 Å². The third-order valence-corrected chi connectivity index (χ3v) is 5.32. The zero-order chi connectivity index (χ0) is 21.3. The lowest BCUT2D eigenvalue weighted by Gasteiger charge is -2.29. The Kier molecular flexibility index (Phi) is 7.47. The zero-order valence-electron chi connectivity index (χ0n) is 17.7. The summed E-state index contributed by atoms with van der Waals surface area (Å²) >= 11 is 0. The molecule has 1 atom stereocenters. The highest BCUT2D eigenvalue weighted by Crippen LogP contribution is 2.19. The third kappa shape index (κ3) is 6.77. The van der Waals surface area contributed by atoms with Gasteiger partial charge in [0.05, 0.1) is 18.4 Å². The molecule has 1 aromatic heterocycles. The van der Waals surface area contributed by atoms with E-state index in [0.29, 0.717) is 12.5 Å². The molecule has 6 nitrogen and oxygen atoms in total. The van der Waals surface area contributed by atoms with E-state index in [9.17, 15) is 5.11 Å². The molecule has 0 spiro atoms. The number of nitrogens with zero attached hydrogens (tertiary/aromatic N) is 3. The first-order valence-electron chi connectivity index (χ1n) is 10.9. The lowest BCUT2D eigenvalue weighted by atomic mass is 10.1. The molecule has 162 valence electrons. The van der Waals surface area contributed by atoms with Crippen molar-refractivity contribution in [2.24, 2.45) is 0 Å². The van der Waals surface area contributed by atoms with Crippen LogP contribution in [0.5, 0.6) is 17.4 Å². The Labute approximate surface area is 183 Å². The molecule has 4 rings (SSSR count). The number of β-amino-alcohol motifs (C(OH)–C–C–N with tert-alkyl or cyclic N) is 1. The summed E-state index contributed by atoms with van der Waals surface area (Å²) in [5, 5.41) is 18.2. The van der Waals surface area contributed by atoms with Gasteiger partial charge in [0.2, 0.25) is 5.88 Å². The molecule has 1 N–H and O–H groups in total. The first kappa shape index (κ1) is 21.3. The van der Waals surface area contributed by atoms with Crippen LogP contribution in [0.15, 0.2) is 66.7 Å². The van der Waals surface area contributed by atoms with E-state index in [-0.39, 0.29) is 6.10 Å². The number of likely N-dealkylation sites (tertiary alicyclic amines) is 1. The molecule has 0 aliphatic carbocycles. The van der Waals surface area contributed by atoms with E-state index in [0.717, 1.165) is 62.5 Å². The van der Waals surface area contributed by atoms with Crippen molar-refractivity contribution in [2.45, 2.75) is 38.3 Å². The Hall–Kier alpha value is -2.96. The molecule has 31 heavy (non-hydrogen) atoms. The summed E-state index contributed by atoms with van der Waals surface area (Å²) in [6.45, 7) is 3.32. The van der Waals surface area contributed by atoms with Crippen molar-refractivity contribution in [2.75, 3.05) is 19.7 Å². The van der Waals surface area contributed by atoms with Crippen molar-refractivity contribution >= 4 is 0 Å². The van der Waals surface area contributed by atoms with Crippen LogP contribution in [0.3, 0.4) is 0 Å². The minimum absolute atomic E-state index is 0.186. The third-order valence-electron chi connectivity index (χ3n) is 5.32. The van der Waals surface area contributed by atoms with Gasteiger partial charge >= 0.3 is 0 Å². The highest BCUT2D eigenvalue weighted by atomic mass is 16.5. The van der Waals surface area contributed by atoms with Gasteiger partial charge in [-0.25, -0.2) is 0 Å². The minimum atomic E-state index is -0.186. The first-order chi connectivity index (χ1) is 15.2. The Morgan fingerprint density at radius 1 is 0.935 bits per heavy atom. The SMILES string of the molecule is O[C@@H]1CCCN(Cc2ccc(OCCCc3ccc(Oc4ccccc4)nn3)cc2)C1. The van der Waals surface area contributed by atoms with Crippen molar-refractivity contribution in [1.29, 1.82) is 0 Å². The van der Waals surface area contributed by atoms with E-state index in [1.807, 2.05) is 54.6 Å². The lowest BCUT2D eigenvalue weighted by Crippen LogP contribution is -2.37. The molecular weight excluding hydrogens is 390 g/mol. The van der Waals surface area contributed by atoms with Crippen LogP contribution in [0.2, 0.25) is 0 Å². The van der Waals surface area contributed by atoms with Gasteiger partial charge in [0, 0.05) is 19.2 Å². The van der Waals surface area contributed by atoms with Gasteiger partial charge in [-0.05, 0) is 68.1 Å². The molecule has 2 aromatic carbocycles. The summed E-state index contributed by atoms with van der Waals surface area (Å²) in [6.07, 6.45) is 3.46. The van der Waals surface area contributed by atoms with E-state index in [2.05, 4.69) is 27.2 Å². The Balaban J connectivity index is 1.16. The highest BCUT2D eigenvalue weighted by Gasteiger charge is 2.17. The average Bonchev–Trinajstić information content (AvgIpc) is 2.80. The summed E-state index contributed by atoms with van der Waals surface area (Å²) in [5.74, 6) is 2.11. The predicted molar refractivity (Wildman–Crippen MR) is 119 cm³/mol. The smallest absolute Gasteiger partial charge is 0.238 e. The van der Waals surface area contributed by atoms with Crippen LogP contribution in [0.1, 0.15) is 30.5 Å². The number of hydrogen-bond acceptors (Lipinski definition) is 6. The number of piperidine rings is 1. The number of hydrogen-bond donors (Lipinski definition) is 1. The summed E-state index contributed by atoms with van der Waals surface area (Å²) in [6, 6.07) is 21.6. The van der Waals surface area contributed by atoms with Gasteiger partial charge in [-0.15, -0.1) is 5.10 Å². The van der Waals surface area contributed by atoms with Crippen LogP contribution in [0, 0.1) is 0 Å². The van der Waals surface area contributed by atoms with E-state index < -0.39 is 0 Å². The van der Waals surface area contributed by atoms with Gasteiger partial charge in [-0.1, -0.05) is 30.3 Å². The van der Waals surface area contributed by atoms with E-state index in [1.165, 1.54) is 5.56 Å². The number of aliphatic hydroxyl groups excluding tert-OH is 1. The molecule has 1 aliphatic rings. The Morgan fingerprint density at radius 3 is 2.52 bits per heavy atom. The maximum absolute atomic E-state index is 9.80. The fourth-order valence-electron chi connectivity index (χ4n) is 3.71. The van der Waals surface area contributed by atoms with Crippen LogP contribution in [0.25, 0.3) is 0 Å². The van der Waals surface area contributed by atoms with Crippen LogP contribution in [0.4, 0.5) is 0 Å². The van der Waals surface area contributed by atoms with Crippen molar-refractivity contribution < 1.29 is 14.6 Å². The maximum atomic E-state index is 9.80. The van der Waals surface area contributed by atoms with Gasteiger partial charge in [-0.3, -0.25) is 4.90 Å². The number of ether oxygens (including phenoxy) is 2. The standard InChI is InChI=1S/C25H29N3O3/c29-22-7-4-16-28(19-22)18-20-10-13-23(14-11-20)30-17-5-6-21-12-15-25(27-26-21)31-24-8-2-1-3-9-24/h1-3,8-15,22,29H,4-7,16-19H2/t22-/m1/s1.